The molecule has 1 aliphatic rings. The van der Waals surface area contributed by atoms with Crippen LogP contribution in [0, 0.1) is 0 Å². The van der Waals surface area contributed by atoms with Crippen LogP contribution < -0.4 is 4.90 Å². The lowest BCUT2D eigenvalue weighted by Crippen LogP contribution is -2.50. The maximum atomic E-state index is 12.8. The minimum Gasteiger partial charge on any atom is -0.450 e. The highest BCUT2D eigenvalue weighted by molar-refractivity contribution is 7.98. The number of nitrogens with zero attached hydrogens (tertiary/aromatic N) is 5. The molecule has 0 saturated carbocycles. The SMILES string of the molecule is CCOC(=O)N1CCN(C(=O)c2ccc(CSc3nc(Cl)cc(N(C)C)n3)cc2)CC1. The average Bonchev–Trinajstić information content (AvgIpc) is 2.77. The number of carbonyl (C=O) groups is 2. The molecule has 31 heavy (non-hydrogen) atoms. The van der Waals surface area contributed by atoms with Crippen LogP contribution in [0.3, 0.4) is 0 Å². The predicted octanol–water partition coefficient (Wildman–Crippen LogP) is 3.40. The second kappa shape index (κ2) is 10.7. The molecule has 0 radical (unpaired) electrons. The Morgan fingerprint density at radius 2 is 1.74 bits per heavy atom. The third-order valence-electron chi connectivity index (χ3n) is 4.78. The Labute approximate surface area is 191 Å². The Bertz CT molecular complexity index is 918. The molecule has 0 aliphatic carbocycles. The summed E-state index contributed by atoms with van der Waals surface area (Å²) in [6.07, 6.45) is -0.321. The predicted molar refractivity (Wildman–Crippen MR) is 122 cm³/mol. The molecular formula is C21H26ClN5O3S. The Hall–Kier alpha value is -2.52. The summed E-state index contributed by atoms with van der Waals surface area (Å²) < 4.78 is 5.02. The van der Waals surface area contributed by atoms with E-state index in [1.807, 2.05) is 43.3 Å². The van der Waals surface area contributed by atoms with Gasteiger partial charge in [0.15, 0.2) is 5.16 Å². The number of hydrogen-bond donors (Lipinski definition) is 0. The standard InChI is InChI=1S/C21H26ClN5O3S/c1-4-30-21(29)27-11-9-26(10-12-27)19(28)16-7-5-15(6-8-16)14-31-20-23-17(22)13-18(24-20)25(2)3/h5-8,13H,4,9-12,14H2,1-3H3. The van der Waals surface area contributed by atoms with Crippen LogP contribution in [0.15, 0.2) is 35.5 Å². The summed E-state index contributed by atoms with van der Waals surface area (Å²) in [5, 5.41) is 1.01. The molecule has 2 aromatic rings. The van der Waals surface area contributed by atoms with Crippen molar-refractivity contribution in [2.24, 2.45) is 0 Å². The van der Waals surface area contributed by atoms with Gasteiger partial charge in [0, 0.05) is 57.7 Å². The molecule has 3 rings (SSSR count). The van der Waals surface area contributed by atoms with Gasteiger partial charge in [-0.3, -0.25) is 4.79 Å². The van der Waals surface area contributed by atoms with Gasteiger partial charge >= 0.3 is 6.09 Å². The summed E-state index contributed by atoms with van der Waals surface area (Å²) in [5.74, 6) is 1.39. The minimum absolute atomic E-state index is 0.0310. The van der Waals surface area contributed by atoms with Gasteiger partial charge in [-0.25, -0.2) is 14.8 Å². The first-order valence-electron chi connectivity index (χ1n) is 10.0. The zero-order valence-electron chi connectivity index (χ0n) is 17.9. The molecule has 1 saturated heterocycles. The normalized spacial score (nSPS) is 13.8. The van der Waals surface area contributed by atoms with Crippen LogP contribution in [-0.2, 0) is 10.5 Å². The molecule has 2 heterocycles. The minimum atomic E-state index is -0.321. The second-order valence-electron chi connectivity index (χ2n) is 7.19. The van der Waals surface area contributed by atoms with E-state index >= 15 is 0 Å². The Balaban J connectivity index is 1.54. The van der Waals surface area contributed by atoms with Gasteiger partial charge in [0.1, 0.15) is 11.0 Å². The summed E-state index contributed by atoms with van der Waals surface area (Å²) in [6.45, 7) is 4.08. The second-order valence-corrected chi connectivity index (χ2v) is 8.52. The summed E-state index contributed by atoms with van der Waals surface area (Å²) in [5.41, 5.74) is 1.69. The molecule has 0 N–H and O–H groups in total. The molecule has 1 aliphatic heterocycles. The fourth-order valence-corrected chi connectivity index (χ4v) is 4.10. The van der Waals surface area contributed by atoms with E-state index in [2.05, 4.69) is 9.97 Å². The van der Waals surface area contributed by atoms with Gasteiger partial charge in [0.2, 0.25) is 0 Å². The van der Waals surface area contributed by atoms with Crippen molar-refractivity contribution in [3.8, 4) is 0 Å². The lowest BCUT2D eigenvalue weighted by atomic mass is 10.1. The maximum absolute atomic E-state index is 12.8. The first-order chi connectivity index (χ1) is 14.9. The summed E-state index contributed by atoms with van der Waals surface area (Å²) in [4.78, 5) is 38.6. The van der Waals surface area contributed by atoms with Crippen molar-refractivity contribution in [2.45, 2.75) is 17.8 Å². The van der Waals surface area contributed by atoms with Crippen molar-refractivity contribution in [1.82, 2.24) is 19.8 Å². The third kappa shape index (κ3) is 6.24. The van der Waals surface area contributed by atoms with Crippen LogP contribution in [0.5, 0.6) is 0 Å². The molecule has 0 atom stereocenters. The van der Waals surface area contributed by atoms with E-state index in [0.29, 0.717) is 54.4 Å². The van der Waals surface area contributed by atoms with Gasteiger partial charge in [-0.05, 0) is 24.6 Å². The zero-order valence-corrected chi connectivity index (χ0v) is 19.4. The number of halogens is 1. The number of carbonyl (C=O) groups excluding carboxylic acids is 2. The van der Waals surface area contributed by atoms with Crippen LogP contribution >= 0.6 is 23.4 Å². The first-order valence-corrected chi connectivity index (χ1v) is 11.4. The van der Waals surface area contributed by atoms with Crippen molar-refractivity contribution in [3.63, 3.8) is 0 Å². The van der Waals surface area contributed by atoms with E-state index in [4.69, 9.17) is 16.3 Å². The van der Waals surface area contributed by atoms with Crippen LogP contribution in [0.4, 0.5) is 10.6 Å². The lowest BCUT2D eigenvalue weighted by Gasteiger charge is -2.34. The van der Waals surface area contributed by atoms with E-state index in [1.165, 1.54) is 11.8 Å². The Morgan fingerprint density at radius 3 is 2.35 bits per heavy atom. The zero-order chi connectivity index (χ0) is 22.4. The van der Waals surface area contributed by atoms with Crippen LogP contribution in [-0.4, -0.2) is 78.6 Å². The highest BCUT2D eigenvalue weighted by Gasteiger charge is 2.25. The smallest absolute Gasteiger partial charge is 0.409 e. The van der Waals surface area contributed by atoms with E-state index in [1.54, 1.807) is 22.8 Å². The summed E-state index contributed by atoms with van der Waals surface area (Å²) >= 11 is 7.58. The molecule has 2 amide bonds. The molecule has 8 nitrogen and oxygen atoms in total. The molecule has 1 aromatic heterocycles. The molecule has 10 heteroatoms. The number of hydrogen-bond acceptors (Lipinski definition) is 7. The number of piperazine rings is 1. The van der Waals surface area contributed by atoms with Crippen molar-refractivity contribution < 1.29 is 14.3 Å². The van der Waals surface area contributed by atoms with Crippen LogP contribution in [0.25, 0.3) is 0 Å². The highest BCUT2D eigenvalue weighted by atomic mass is 35.5. The van der Waals surface area contributed by atoms with Gasteiger partial charge in [-0.1, -0.05) is 35.5 Å². The number of aromatic nitrogens is 2. The van der Waals surface area contributed by atoms with Gasteiger partial charge < -0.3 is 19.4 Å². The van der Waals surface area contributed by atoms with Crippen molar-refractivity contribution in [3.05, 3.63) is 46.6 Å². The van der Waals surface area contributed by atoms with Gasteiger partial charge in [0.05, 0.1) is 6.61 Å². The molecule has 1 aromatic carbocycles. The number of ether oxygens (including phenoxy) is 1. The summed E-state index contributed by atoms with van der Waals surface area (Å²) in [7, 11) is 3.80. The fourth-order valence-electron chi connectivity index (χ4n) is 3.06. The fraction of sp³-hybridized carbons (Fsp3) is 0.429. The number of anilines is 1. The van der Waals surface area contributed by atoms with Gasteiger partial charge in [-0.15, -0.1) is 0 Å². The largest absolute Gasteiger partial charge is 0.450 e. The molecule has 1 fully saturated rings. The maximum Gasteiger partial charge on any atom is 0.409 e. The topological polar surface area (TPSA) is 78.9 Å². The Morgan fingerprint density at radius 1 is 1.10 bits per heavy atom. The first kappa shape index (κ1) is 23.1. The number of thioether (sulfide) groups is 1. The van der Waals surface area contributed by atoms with E-state index in [0.717, 1.165) is 11.4 Å². The Kier molecular flexibility index (Phi) is 7.97. The number of rotatable bonds is 6. The van der Waals surface area contributed by atoms with Crippen LogP contribution in [0.2, 0.25) is 5.15 Å². The van der Waals surface area contributed by atoms with Gasteiger partial charge in [-0.2, -0.15) is 0 Å². The quantitative estimate of drug-likeness (QED) is 0.369. The van der Waals surface area contributed by atoms with E-state index in [9.17, 15) is 9.59 Å². The van der Waals surface area contributed by atoms with E-state index < -0.39 is 0 Å². The van der Waals surface area contributed by atoms with Crippen molar-refractivity contribution >= 4 is 41.2 Å². The molecule has 0 spiro atoms. The van der Waals surface area contributed by atoms with Crippen molar-refractivity contribution in [2.75, 3.05) is 51.8 Å². The van der Waals surface area contributed by atoms with Crippen LogP contribution in [0.1, 0.15) is 22.8 Å². The average molecular weight is 464 g/mol. The third-order valence-corrected chi connectivity index (χ3v) is 5.89. The lowest BCUT2D eigenvalue weighted by molar-refractivity contribution is 0.0570. The highest BCUT2D eigenvalue weighted by Crippen LogP contribution is 2.24. The molecule has 166 valence electrons. The monoisotopic (exact) mass is 463 g/mol. The number of benzene rings is 1. The van der Waals surface area contributed by atoms with E-state index in [-0.39, 0.29) is 12.0 Å². The summed E-state index contributed by atoms with van der Waals surface area (Å²) in [6, 6.07) is 9.26. The molecule has 0 bridgehead atoms. The number of amides is 2. The van der Waals surface area contributed by atoms with Gasteiger partial charge in [0.25, 0.3) is 5.91 Å². The molecule has 0 unspecified atom stereocenters. The van der Waals surface area contributed by atoms with Crippen molar-refractivity contribution in [1.29, 1.82) is 0 Å². The molecular weight excluding hydrogens is 438 g/mol.